The molecule has 0 unspecified atom stereocenters. The Morgan fingerprint density at radius 2 is 1.89 bits per heavy atom. The van der Waals surface area contributed by atoms with Gasteiger partial charge in [0.25, 0.3) is 0 Å². The second-order valence-corrected chi connectivity index (χ2v) is 3.31. The fraction of sp³-hybridized carbons (Fsp3) is 0.273. The second-order valence-electron chi connectivity index (χ2n) is 3.31. The predicted molar refractivity (Wildman–Crippen MR) is 56.0 cm³/mol. The summed E-state index contributed by atoms with van der Waals surface area (Å²) in [6, 6.07) is 3.63. The van der Waals surface area contributed by atoms with Gasteiger partial charge in [0.1, 0.15) is 5.75 Å². The van der Waals surface area contributed by atoms with Crippen LogP contribution in [0.3, 0.4) is 0 Å². The van der Waals surface area contributed by atoms with Crippen molar-refractivity contribution in [3.63, 3.8) is 0 Å². The van der Waals surface area contributed by atoms with E-state index in [1.54, 1.807) is 6.92 Å². The third-order valence-electron chi connectivity index (χ3n) is 2.08. The molecule has 0 aromatic heterocycles. The maximum Gasteiger partial charge on any atom is 0.422 e. The molecule has 0 atom stereocenters. The molecule has 0 fully saturated rings. The van der Waals surface area contributed by atoms with Gasteiger partial charge in [-0.1, -0.05) is 6.92 Å². The first-order valence-electron chi connectivity index (χ1n) is 4.98. The van der Waals surface area contributed by atoms with Crippen LogP contribution >= 0.6 is 0 Å². The van der Waals surface area contributed by atoms with E-state index in [1.807, 2.05) is 0 Å². The minimum absolute atomic E-state index is 0.0531. The molecule has 0 bridgehead atoms. The van der Waals surface area contributed by atoms with Crippen LogP contribution in [0.25, 0.3) is 5.53 Å². The highest BCUT2D eigenvalue weighted by Crippen LogP contribution is 2.30. The average Bonchev–Trinajstić information content (AvgIpc) is 2.30. The Bertz CT molecular complexity index is 488. The first kappa shape index (κ1) is 13.9. The van der Waals surface area contributed by atoms with E-state index < -0.39 is 17.7 Å². The Morgan fingerprint density at radius 3 is 2.28 bits per heavy atom. The SMILES string of the molecule is CCC(=[N+]=[N-])C(=O)Oc1ccc(C(F)(F)F)cc1. The third-order valence-corrected chi connectivity index (χ3v) is 2.08. The van der Waals surface area contributed by atoms with Crippen LogP contribution in [-0.2, 0) is 11.0 Å². The van der Waals surface area contributed by atoms with Crippen LogP contribution in [-0.4, -0.2) is 16.5 Å². The van der Waals surface area contributed by atoms with Gasteiger partial charge in [-0.25, -0.2) is 4.79 Å². The number of esters is 1. The lowest BCUT2D eigenvalue weighted by Gasteiger charge is -2.07. The van der Waals surface area contributed by atoms with Gasteiger partial charge in [-0.05, 0) is 24.3 Å². The molecule has 18 heavy (non-hydrogen) atoms. The number of rotatable bonds is 3. The minimum atomic E-state index is -4.44. The highest BCUT2D eigenvalue weighted by Gasteiger charge is 2.30. The molecule has 96 valence electrons. The number of alkyl halides is 3. The fourth-order valence-electron chi connectivity index (χ4n) is 1.13. The van der Waals surface area contributed by atoms with Gasteiger partial charge in [0, 0.05) is 0 Å². The standard InChI is InChI=1S/C11H9F3N2O2/c1-2-9(16-15)10(17)18-8-5-3-7(4-6-8)11(12,13)14/h3-6H,2H2,1H3. The number of halogens is 3. The van der Waals surface area contributed by atoms with E-state index in [-0.39, 0.29) is 17.9 Å². The molecule has 0 aliphatic heterocycles. The van der Waals surface area contributed by atoms with Crippen LogP contribution in [0, 0.1) is 0 Å². The molecule has 0 N–H and O–H groups in total. The van der Waals surface area contributed by atoms with Crippen LogP contribution in [0.1, 0.15) is 18.9 Å². The molecule has 7 heteroatoms. The van der Waals surface area contributed by atoms with E-state index in [9.17, 15) is 18.0 Å². The van der Waals surface area contributed by atoms with Gasteiger partial charge in [0.05, 0.1) is 12.0 Å². The summed E-state index contributed by atoms with van der Waals surface area (Å²) in [5.74, 6) is -0.956. The highest BCUT2D eigenvalue weighted by molar-refractivity contribution is 6.34. The second kappa shape index (κ2) is 5.46. The van der Waals surface area contributed by atoms with Crippen LogP contribution in [0.15, 0.2) is 24.3 Å². The number of ether oxygens (including phenoxy) is 1. The zero-order valence-electron chi connectivity index (χ0n) is 9.36. The third kappa shape index (κ3) is 3.43. The molecule has 0 aliphatic rings. The summed E-state index contributed by atoms with van der Waals surface area (Å²) in [7, 11) is 0. The summed E-state index contributed by atoms with van der Waals surface area (Å²) < 4.78 is 41.5. The van der Waals surface area contributed by atoms with Crippen molar-refractivity contribution >= 4 is 11.7 Å². The molecule has 0 saturated heterocycles. The zero-order valence-corrected chi connectivity index (χ0v) is 9.36. The molecular weight excluding hydrogens is 249 g/mol. The summed E-state index contributed by atoms with van der Waals surface area (Å²) in [4.78, 5) is 14.0. The number of hydrogen-bond donors (Lipinski definition) is 0. The zero-order chi connectivity index (χ0) is 13.8. The van der Waals surface area contributed by atoms with E-state index in [2.05, 4.69) is 4.79 Å². The molecule has 0 spiro atoms. The first-order valence-corrected chi connectivity index (χ1v) is 4.98. The van der Waals surface area contributed by atoms with Gasteiger partial charge in [-0.3, -0.25) is 0 Å². The van der Waals surface area contributed by atoms with Gasteiger partial charge in [-0.2, -0.15) is 18.0 Å². The maximum absolute atomic E-state index is 12.3. The fourth-order valence-corrected chi connectivity index (χ4v) is 1.13. The Labute approximate surface area is 101 Å². The largest absolute Gasteiger partial charge is 0.422 e. The summed E-state index contributed by atoms with van der Waals surface area (Å²) in [5, 5.41) is 0. The van der Waals surface area contributed by atoms with E-state index in [0.717, 1.165) is 24.3 Å². The van der Waals surface area contributed by atoms with E-state index in [4.69, 9.17) is 10.3 Å². The molecule has 1 aromatic carbocycles. The van der Waals surface area contributed by atoms with Crippen molar-refractivity contribution in [2.45, 2.75) is 19.5 Å². The highest BCUT2D eigenvalue weighted by atomic mass is 19.4. The average molecular weight is 258 g/mol. The summed E-state index contributed by atoms with van der Waals surface area (Å²) >= 11 is 0. The Hall–Kier alpha value is -2.14. The maximum atomic E-state index is 12.3. The van der Waals surface area contributed by atoms with Crippen molar-refractivity contribution in [2.24, 2.45) is 0 Å². The van der Waals surface area contributed by atoms with Gasteiger partial charge in [0.15, 0.2) is 0 Å². The molecule has 0 aliphatic carbocycles. The van der Waals surface area contributed by atoms with Gasteiger partial charge in [0.2, 0.25) is 0 Å². The smallest absolute Gasteiger partial charge is 0.418 e. The van der Waals surface area contributed by atoms with Crippen molar-refractivity contribution < 1.29 is 27.5 Å². The molecule has 0 heterocycles. The van der Waals surface area contributed by atoms with E-state index in [0.29, 0.717) is 0 Å². The molecule has 1 aromatic rings. The molecule has 0 saturated carbocycles. The Kier molecular flexibility index (Phi) is 4.23. The van der Waals surface area contributed by atoms with Gasteiger partial charge in [-0.15, -0.1) is 0 Å². The monoisotopic (exact) mass is 258 g/mol. The van der Waals surface area contributed by atoms with Gasteiger partial charge < -0.3 is 10.3 Å². The van der Waals surface area contributed by atoms with Crippen LogP contribution in [0.4, 0.5) is 13.2 Å². The van der Waals surface area contributed by atoms with Crippen molar-refractivity contribution in [1.82, 2.24) is 0 Å². The minimum Gasteiger partial charge on any atom is -0.418 e. The van der Waals surface area contributed by atoms with Crippen molar-refractivity contribution in [1.29, 1.82) is 0 Å². The molecule has 1 rings (SSSR count). The molecule has 0 amide bonds. The number of carbonyl (C=O) groups is 1. The van der Waals surface area contributed by atoms with Crippen LogP contribution < -0.4 is 4.74 Å². The topological polar surface area (TPSA) is 62.7 Å². The first-order chi connectivity index (χ1) is 8.38. The van der Waals surface area contributed by atoms with Crippen LogP contribution in [0.2, 0.25) is 0 Å². The number of carbonyl (C=O) groups excluding carboxylic acids is 1. The Morgan fingerprint density at radius 1 is 1.33 bits per heavy atom. The van der Waals surface area contributed by atoms with Crippen molar-refractivity contribution in [2.75, 3.05) is 0 Å². The summed E-state index contributed by atoms with van der Waals surface area (Å²) in [6.45, 7) is 1.57. The van der Waals surface area contributed by atoms with Crippen LogP contribution in [0.5, 0.6) is 5.75 Å². The lowest BCUT2D eigenvalue weighted by molar-refractivity contribution is -0.137. The van der Waals surface area contributed by atoms with E-state index >= 15 is 0 Å². The Balaban J connectivity index is 2.82. The summed E-state index contributed by atoms with van der Waals surface area (Å²) in [5.41, 5.74) is 7.41. The molecule has 0 radical (unpaired) electrons. The van der Waals surface area contributed by atoms with E-state index in [1.165, 1.54) is 0 Å². The lowest BCUT2D eigenvalue weighted by atomic mass is 10.2. The van der Waals surface area contributed by atoms with Crippen molar-refractivity contribution in [3.8, 4) is 5.75 Å². The van der Waals surface area contributed by atoms with Crippen molar-refractivity contribution in [3.05, 3.63) is 35.4 Å². The molecule has 4 nitrogen and oxygen atoms in total. The number of benzene rings is 1. The molecular formula is C11H9F3N2O2. The number of hydrogen-bond acceptors (Lipinski definition) is 2. The van der Waals surface area contributed by atoms with Gasteiger partial charge >= 0.3 is 17.9 Å². The number of nitrogens with zero attached hydrogens (tertiary/aromatic N) is 2. The quantitative estimate of drug-likeness (QED) is 0.275. The summed E-state index contributed by atoms with van der Waals surface area (Å²) in [6.07, 6.45) is -4.29. The lowest BCUT2D eigenvalue weighted by Crippen LogP contribution is -2.20. The normalized spacial score (nSPS) is 10.7. The predicted octanol–water partition coefficient (Wildman–Crippen LogP) is 2.69.